The molecule has 2 N–H and O–H groups in total. The zero-order chi connectivity index (χ0) is 19.1. The van der Waals surface area contributed by atoms with E-state index in [-0.39, 0.29) is 24.2 Å². The standard InChI is InChI=1S/C22H27N3O2.ClH/c1-2-25(20-6-4-3-5-7-20)22(27)14-17-10-12-19(13-11-17)24-21(26)16-23-15-18-8-9-18;/h3-7,10-13,18,23H,2,8-9,14-16H2,1H3,(H,24,26);1H. The van der Waals surface area contributed by atoms with Crippen molar-refractivity contribution in [3.63, 3.8) is 0 Å². The quantitative estimate of drug-likeness (QED) is 0.674. The molecule has 3 rings (SSSR count). The summed E-state index contributed by atoms with van der Waals surface area (Å²) in [5.41, 5.74) is 2.59. The number of likely N-dealkylation sites (N-methyl/N-ethyl adjacent to an activating group) is 1. The highest BCUT2D eigenvalue weighted by Crippen LogP contribution is 2.27. The summed E-state index contributed by atoms with van der Waals surface area (Å²) in [6.45, 7) is 3.86. The second-order valence-corrected chi connectivity index (χ2v) is 6.97. The van der Waals surface area contributed by atoms with E-state index in [4.69, 9.17) is 0 Å². The molecule has 0 unspecified atom stereocenters. The van der Waals surface area contributed by atoms with Crippen LogP contribution in [0.2, 0.25) is 0 Å². The topological polar surface area (TPSA) is 61.4 Å². The Morgan fingerprint density at radius 1 is 1.04 bits per heavy atom. The van der Waals surface area contributed by atoms with Gasteiger partial charge in [0.15, 0.2) is 0 Å². The van der Waals surface area contributed by atoms with Crippen LogP contribution in [0.3, 0.4) is 0 Å². The summed E-state index contributed by atoms with van der Waals surface area (Å²) in [5, 5.41) is 6.06. The first-order chi connectivity index (χ1) is 13.2. The molecular weight excluding hydrogens is 374 g/mol. The molecule has 2 amide bonds. The summed E-state index contributed by atoms with van der Waals surface area (Å²) in [6.07, 6.45) is 2.88. The molecule has 0 atom stereocenters. The van der Waals surface area contributed by atoms with E-state index in [0.29, 0.717) is 19.5 Å². The predicted molar refractivity (Wildman–Crippen MR) is 116 cm³/mol. The molecule has 0 heterocycles. The monoisotopic (exact) mass is 401 g/mol. The third kappa shape index (κ3) is 6.66. The summed E-state index contributed by atoms with van der Waals surface area (Å²) in [6, 6.07) is 17.2. The van der Waals surface area contributed by atoms with E-state index in [2.05, 4.69) is 10.6 Å². The lowest BCUT2D eigenvalue weighted by Crippen LogP contribution is -2.32. The Hall–Kier alpha value is -2.37. The van der Waals surface area contributed by atoms with Gasteiger partial charge in [-0.05, 0) is 62.1 Å². The molecule has 0 saturated heterocycles. The third-order valence-electron chi connectivity index (χ3n) is 4.69. The first-order valence-electron chi connectivity index (χ1n) is 9.60. The molecule has 1 fully saturated rings. The number of carbonyl (C=O) groups is 2. The number of para-hydroxylation sites is 1. The number of anilines is 2. The maximum atomic E-state index is 12.6. The van der Waals surface area contributed by atoms with Gasteiger partial charge in [0.2, 0.25) is 11.8 Å². The molecule has 1 aliphatic rings. The van der Waals surface area contributed by atoms with Crippen molar-refractivity contribution in [1.82, 2.24) is 5.32 Å². The van der Waals surface area contributed by atoms with E-state index >= 15 is 0 Å². The minimum Gasteiger partial charge on any atom is -0.325 e. The smallest absolute Gasteiger partial charge is 0.238 e. The number of benzene rings is 2. The molecule has 150 valence electrons. The van der Waals surface area contributed by atoms with Crippen molar-refractivity contribution in [2.75, 3.05) is 29.9 Å². The highest BCUT2D eigenvalue weighted by Gasteiger charge is 2.20. The van der Waals surface area contributed by atoms with Crippen LogP contribution in [-0.4, -0.2) is 31.4 Å². The fourth-order valence-corrected chi connectivity index (χ4v) is 3.00. The number of hydrogen-bond donors (Lipinski definition) is 2. The van der Waals surface area contributed by atoms with Crippen molar-refractivity contribution in [3.05, 3.63) is 60.2 Å². The van der Waals surface area contributed by atoms with E-state index < -0.39 is 0 Å². The largest absolute Gasteiger partial charge is 0.325 e. The van der Waals surface area contributed by atoms with Crippen LogP contribution < -0.4 is 15.5 Å². The molecule has 5 nitrogen and oxygen atoms in total. The molecule has 0 bridgehead atoms. The van der Waals surface area contributed by atoms with Crippen LogP contribution in [0.1, 0.15) is 25.3 Å². The summed E-state index contributed by atoms with van der Waals surface area (Å²) < 4.78 is 0. The molecule has 0 radical (unpaired) electrons. The van der Waals surface area contributed by atoms with Gasteiger partial charge >= 0.3 is 0 Å². The van der Waals surface area contributed by atoms with Gasteiger partial charge in [-0.25, -0.2) is 0 Å². The van der Waals surface area contributed by atoms with Crippen molar-refractivity contribution in [3.8, 4) is 0 Å². The van der Waals surface area contributed by atoms with Crippen molar-refractivity contribution in [2.24, 2.45) is 5.92 Å². The van der Waals surface area contributed by atoms with E-state index in [1.165, 1.54) is 12.8 Å². The van der Waals surface area contributed by atoms with E-state index in [1.54, 1.807) is 4.90 Å². The molecule has 0 aromatic heterocycles. The maximum absolute atomic E-state index is 12.6. The van der Waals surface area contributed by atoms with Crippen molar-refractivity contribution in [1.29, 1.82) is 0 Å². The Bertz CT molecular complexity index is 761. The van der Waals surface area contributed by atoms with Crippen LogP contribution in [0.15, 0.2) is 54.6 Å². The van der Waals surface area contributed by atoms with Crippen LogP contribution in [0, 0.1) is 5.92 Å². The Morgan fingerprint density at radius 2 is 1.71 bits per heavy atom. The second kappa shape index (κ2) is 10.8. The van der Waals surface area contributed by atoms with Gasteiger partial charge in [-0.15, -0.1) is 12.4 Å². The number of nitrogens with one attached hydrogen (secondary N) is 2. The molecule has 6 heteroatoms. The second-order valence-electron chi connectivity index (χ2n) is 6.97. The van der Waals surface area contributed by atoms with Crippen LogP contribution in [0.25, 0.3) is 0 Å². The maximum Gasteiger partial charge on any atom is 0.238 e. The number of amides is 2. The number of carbonyl (C=O) groups excluding carboxylic acids is 2. The van der Waals surface area contributed by atoms with Gasteiger partial charge in [-0.1, -0.05) is 30.3 Å². The number of halogens is 1. The van der Waals surface area contributed by atoms with Crippen LogP contribution in [-0.2, 0) is 16.0 Å². The minimum absolute atomic E-state index is 0. The van der Waals surface area contributed by atoms with Gasteiger partial charge in [0, 0.05) is 17.9 Å². The van der Waals surface area contributed by atoms with E-state index in [0.717, 1.165) is 29.4 Å². The van der Waals surface area contributed by atoms with Crippen molar-refractivity contribution < 1.29 is 9.59 Å². The van der Waals surface area contributed by atoms with Crippen LogP contribution >= 0.6 is 12.4 Å². The fourth-order valence-electron chi connectivity index (χ4n) is 3.00. The molecular formula is C22H28ClN3O2. The molecule has 2 aromatic rings. The number of hydrogen-bond acceptors (Lipinski definition) is 3. The fraction of sp³-hybridized carbons (Fsp3) is 0.364. The summed E-state index contributed by atoms with van der Waals surface area (Å²) >= 11 is 0. The minimum atomic E-state index is -0.0410. The number of nitrogens with zero attached hydrogens (tertiary/aromatic N) is 1. The van der Waals surface area contributed by atoms with E-state index in [1.807, 2.05) is 61.5 Å². The van der Waals surface area contributed by atoms with Gasteiger partial charge in [0.1, 0.15) is 0 Å². The highest BCUT2D eigenvalue weighted by atomic mass is 35.5. The van der Waals surface area contributed by atoms with Gasteiger partial charge in [-0.2, -0.15) is 0 Å². The lowest BCUT2D eigenvalue weighted by atomic mass is 10.1. The van der Waals surface area contributed by atoms with Gasteiger partial charge < -0.3 is 15.5 Å². The Balaban J connectivity index is 0.00000280. The Morgan fingerprint density at radius 3 is 2.32 bits per heavy atom. The van der Waals surface area contributed by atoms with Crippen LogP contribution in [0.4, 0.5) is 11.4 Å². The average Bonchev–Trinajstić information content (AvgIpc) is 3.49. The predicted octanol–water partition coefficient (Wildman–Crippen LogP) is 3.64. The van der Waals surface area contributed by atoms with Crippen molar-refractivity contribution >= 4 is 35.6 Å². The zero-order valence-electron chi connectivity index (χ0n) is 16.2. The Labute approximate surface area is 172 Å². The van der Waals surface area contributed by atoms with Crippen LogP contribution in [0.5, 0.6) is 0 Å². The van der Waals surface area contributed by atoms with Gasteiger partial charge in [0.05, 0.1) is 13.0 Å². The lowest BCUT2D eigenvalue weighted by Gasteiger charge is -2.21. The normalized spacial score (nSPS) is 12.8. The summed E-state index contributed by atoms with van der Waals surface area (Å²) in [4.78, 5) is 26.3. The van der Waals surface area contributed by atoms with Gasteiger partial charge in [-0.3, -0.25) is 9.59 Å². The molecule has 1 aliphatic carbocycles. The molecule has 0 spiro atoms. The summed E-state index contributed by atoms with van der Waals surface area (Å²) in [5.74, 6) is 0.777. The summed E-state index contributed by atoms with van der Waals surface area (Å²) in [7, 11) is 0. The molecule has 28 heavy (non-hydrogen) atoms. The first-order valence-corrected chi connectivity index (χ1v) is 9.60. The average molecular weight is 402 g/mol. The zero-order valence-corrected chi connectivity index (χ0v) is 17.0. The Kier molecular flexibility index (Phi) is 8.48. The first kappa shape index (κ1) is 21.9. The lowest BCUT2D eigenvalue weighted by molar-refractivity contribution is -0.118. The van der Waals surface area contributed by atoms with Crippen molar-refractivity contribution in [2.45, 2.75) is 26.2 Å². The highest BCUT2D eigenvalue weighted by molar-refractivity contribution is 5.95. The van der Waals surface area contributed by atoms with E-state index in [9.17, 15) is 9.59 Å². The molecule has 1 saturated carbocycles. The third-order valence-corrected chi connectivity index (χ3v) is 4.69. The number of rotatable bonds is 9. The molecule has 0 aliphatic heterocycles. The SMILES string of the molecule is CCN(C(=O)Cc1ccc(NC(=O)CNCC2CC2)cc1)c1ccccc1.Cl. The molecule has 2 aromatic carbocycles. The van der Waals surface area contributed by atoms with Gasteiger partial charge in [0.25, 0.3) is 0 Å².